The predicted molar refractivity (Wildman–Crippen MR) is 94.8 cm³/mol. The number of aromatic nitrogens is 4. The minimum absolute atomic E-state index is 0.164. The minimum Gasteiger partial charge on any atom is -0.497 e. The number of aryl methyl sites for hydroxylation is 1. The Kier molecular flexibility index (Phi) is 4.65. The van der Waals surface area contributed by atoms with Gasteiger partial charge in [0.25, 0.3) is 0 Å². The lowest BCUT2D eigenvalue weighted by atomic mass is 10.1. The number of imidazole rings is 1. The molecular weight excluding hydrogens is 338 g/mol. The fourth-order valence-electron chi connectivity index (χ4n) is 2.48. The first-order chi connectivity index (χ1) is 12.5. The molecule has 3 N–H and O–H groups in total. The Bertz CT molecular complexity index is 924. The van der Waals surface area contributed by atoms with Crippen molar-refractivity contribution in [1.82, 2.24) is 19.5 Å². The smallest absolute Gasteiger partial charge is 0.329 e. The van der Waals surface area contributed by atoms with Crippen molar-refractivity contribution in [2.24, 2.45) is 7.05 Å². The number of nitrogen functional groups attached to an aromatic ring is 1. The van der Waals surface area contributed by atoms with E-state index < -0.39 is 4.92 Å². The van der Waals surface area contributed by atoms with Crippen LogP contribution in [0.4, 0.5) is 17.5 Å². The Morgan fingerprint density at radius 1 is 1.31 bits per heavy atom. The summed E-state index contributed by atoms with van der Waals surface area (Å²) in [5, 5.41) is 14.0. The number of hydrogen-bond acceptors (Lipinski definition) is 8. The number of nitrogens with two attached hydrogens (primary N) is 1. The third-order valence-electron chi connectivity index (χ3n) is 3.83. The van der Waals surface area contributed by atoms with Crippen LogP contribution in [-0.2, 0) is 7.05 Å². The lowest BCUT2D eigenvalue weighted by Gasteiger charge is -2.19. The predicted octanol–water partition coefficient (Wildman–Crippen LogP) is 1.91. The molecule has 1 aromatic carbocycles. The zero-order chi connectivity index (χ0) is 18.7. The van der Waals surface area contributed by atoms with E-state index in [4.69, 9.17) is 10.5 Å². The highest BCUT2D eigenvalue weighted by molar-refractivity contribution is 5.54. The van der Waals surface area contributed by atoms with Crippen LogP contribution in [0.5, 0.6) is 5.75 Å². The van der Waals surface area contributed by atoms with Gasteiger partial charge in [-0.3, -0.25) is 10.1 Å². The maximum absolute atomic E-state index is 10.9. The van der Waals surface area contributed by atoms with Gasteiger partial charge in [0.15, 0.2) is 0 Å². The van der Waals surface area contributed by atoms with Gasteiger partial charge in [-0.15, -0.1) is 0 Å². The van der Waals surface area contributed by atoms with Crippen LogP contribution >= 0.6 is 0 Å². The number of benzene rings is 1. The van der Waals surface area contributed by atoms with Gasteiger partial charge in [-0.25, -0.2) is 9.97 Å². The van der Waals surface area contributed by atoms with Gasteiger partial charge in [-0.1, -0.05) is 12.1 Å². The molecule has 1 unspecified atom stereocenters. The molecule has 1 atom stereocenters. The standard InChI is InChI=1S/C16H17N7O3/c1-22-8-7-18-15(22)13(10-3-5-11(26-2)6-4-10)20-16-19-9-12(23(24)25)14(17)21-16/h3-9,13H,1-2H3,(H3,17,19,20,21). The SMILES string of the molecule is COc1ccc(C(Nc2ncc([N+](=O)[O-])c(N)n2)c2nccn2C)cc1. The van der Waals surface area contributed by atoms with E-state index in [1.807, 2.05) is 42.1 Å². The third-order valence-corrected chi connectivity index (χ3v) is 3.83. The quantitative estimate of drug-likeness (QED) is 0.506. The second-order valence-electron chi connectivity index (χ2n) is 5.47. The normalized spacial score (nSPS) is 11.8. The molecule has 0 saturated heterocycles. The summed E-state index contributed by atoms with van der Waals surface area (Å²) in [5.41, 5.74) is 6.20. The number of anilines is 2. The molecule has 3 aromatic rings. The third kappa shape index (κ3) is 3.38. The van der Waals surface area contributed by atoms with E-state index in [0.717, 1.165) is 23.3 Å². The second-order valence-corrected chi connectivity index (χ2v) is 5.47. The van der Waals surface area contributed by atoms with E-state index in [2.05, 4.69) is 20.3 Å². The van der Waals surface area contributed by atoms with Gasteiger partial charge in [0.1, 0.15) is 23.8 Å². The van der Waals surface area contributed by atoms with Crippen LogP contribution in [-0.4, -0.2) is 31.6 Å². The number of hydrogen-bond donors (Lipinski definition) is 2. The Labute approximate surface area is 148 Å². The van der Waals surface area contributed by atoms with Crippen LogP contribution in [0.15, 0.2) is 42.9 Å². The van der Waals surface area contributed by atoms with Crippen LogP contribution in [0.3, 0.4) is 0 Å². The molecule has 0 saturated carbocycles. The van der Waals surface area contributed by atoms with Crippen molar-refractivity contribution >= 4 is 17.5 Å². The van der Waals surface area contributed by atoms with Gasteiger partial charge in [0, 0.05) is 19.4 Å². The van der Waals surface area contributed by atoms with E-state index in [1.165, 1.54) is 0 Å². The Morgan fingerprint density at radius 2 is 2.04 bits per heavy atom. The summed E-state index contributed by atoms with van der Waals surface area (Å²) < 4.78 is 7.04. The number of methoxy groups -OCH3 is 1. The van der Waals surface area contributed by atoms with Crippen molar-refractivity contribution in [3.63, 3.8) is 0 Å². The number of nitrogens with zero attached hydrogens (tertiary/aromatic N) is 5. The monoisotopic (exact) mass is 355 g/mol. The molecule has 0 radical (unpaired) electrons. The molecule has 0 spiro atoms. The summed E-state index contributed by atoms with van der Waals surface area (Å²) in [6.07, 6.45) is 4.57. The van der Waals surface area contributed by atoms with Gasteiger partial charge in [-0.05, 0) is 17.7 Å². The molecule has 10 nitrogen and oxygen atoms in total. The first-order valence-electron chi connectivity index (χ1n) is 7.64. The molecule has 0 fully saturated rings. The fourth-order valence-corrected chi connectivity index (χ4v) is 2.48. The fraction of sp³-hybridized carbons (Fsp3) is 0.188. The van der Waals surface area contributed by atoms with Gasteiger partial charge < -0.3 is 20.4 Å². The molecule has 10 heteroatoms. The highest BCUT2D eigenvalue weighted by Gasteiger charge is 2.21. The minimum atomic E-state index is -0.626. The summed E-state index contributed by atoms with van der Waals surface area (Å²) in [5.74, 6) is 1.40. The second kappa shape index (κ2) is 7.05. The average Bonchev–Trinajstić information content (AvgIpc) is 3.05. The van der Waals surface area contributed by atoms with Crippen LogP contribution in [0.1, 0.15) is 17.4 Å². The van der Waals surface area contributed by atoms with Crippen molar-refractivity contribution in [3.05, 3.63) is 64.4 Å². The average molecular weight is 355 g/mol. The molecule has 134 valence electrons. The topological polar surface area (TPSA) is 134 Å². The van der Waals surface area contributed by atoms with Crippen molar-refractivity contribution < 1.29 is 9.66 Å². The van der Waals surface area contributed by atoms with Crippen LogP contribution in [0.2, 0.25) is 0 Å². The number of nitro groups is 1. The highest BCUT2D eigenvalue weighted by Crippen LogP contribution is 2.27. The summed E-state index contributed by atoms with van der Waals surface area (Å²) in [7, 11) is 3.46. The molecule has 2 aromatic heterocycles. The number of rotatable bonds is 6. The van der Waals surface area contributed by atoms with Gasteiger partial charge >= 0.3 is 5.69 Å². The van der Waals surface area contributed by atoms with Crippen LogP contribution in [0.25, 0.3) is 0 Å². The van der Waals surface area contributed by atoms with E-state index >= 15 is 0 Å². The molecule has 0 aliphatic carbocycles. The van der Waals surface area contributed by atoms with E-state index in [9.17, 15) is 10.1 Å². The van der Waals surface area contributed by atoms with Crippen LogP contribution < -0.4 is 15.8 Å². The van der Waals surface area contributed by atoms with Crippen molar-refractivity contribution in [1.29, 1.82) is 0 Å². The lowest BCUT2D eigenvalue weighted by Crippen LogP contribution is -2.18. The van der Waals surface area contributed by atoms with E-state index in [1.54, 1.807) is 13.3 Å². The Balaban J connectivity index is 1.97. The highest BCUT2D eigenvalue weighted by atomic mass is 16.6. The van der Waals surface area contributed by atoms with Crippen molar-refractivity contribution in [2.75, 3.05) is 18.2 Å². The first kappa shape index (κ1) is 17.1. The van der Waals surface area contributed by atoms with Crippen molar-refractivity contribution in [3.8, 4) is 5.75 Å². The zero-order valence-corrected chi connectivity index (χ0v) is 14.2. The number of nitrogens with one attached hydrogen (secondary N) is 1. The largest absolute Gasteiger partial charge is 0.497 e. The van der Waals surface area contributed by atoms with Crippen molar-refractivity contribution in [2.45, 2.75) is 6.04 Å². The molecular formula is C16H17N7O3. The maximum atomic E-state index is 10.9. The Morgan fingerprint density at radius 3 is 2.58 bits per heavy atom. The van der Waals surface area contributed by atoms with E-state index in [0.29, 0.717) is 0 Å². The maximum Gasteiger partial charge on any atom is 0.329 e. The van der Waals surface area contributed by atoms with Gasteiger partial charge in [0.2, 0.25) is 11.8 Å². The molecule has 0 aliphatic rings. The van der Waals surface area contributed by atoms with Gasteiger partial charge in [0.05, 0.1) is 12.0 Å². The first-order valence-corrected chi connectivity index (χ1v) is 7.64. The van der Waals surface area contributed by atoms with Gasteiger partial charge in [-0.2, -0.15) is 4.98 Å². The molecule has 0 amide bonds. The lowest BCUT2D eigenvalue weighted by molar-refractivity contribution is -0.384. The summed E-state index contributed by atoms with van der Waals surface area (Å²) in [6, 6.07) is 7.05. The summed E-state index contributed by atoms with van der Waals surface area (Å²) >= 11 is 0. The van der Waals surface area contributed by atoms with E-state index in [-0.39, 0.29) is 23.5 Å². The molecule has 0 bridgehead atoms. The molecule has 26 heavy (non-hydrogen) atoms. The molecule has 0 aliphatic heterocycles. The summed E-state index contributed by atoms with van der Waals surface area (Å²) in [4.78, 5) is 22.6. The summed E-state index contributed by atoms with van der Waals surface area (Å²) in [6.45, 7) is 0. The molecule has 2 heterocycles. The molecule has 3 rings (SSSR count). The van der Waals surface area contributed by atoms with Crippen LogP contribution in [0, 0.1) is 10.1 Å². The zero-order valence-electron chi connectivity index (χ0n) is 14.2. The number of ether oxygens (including phenoxy) is 1. The Hall–Kier alpha value is -3.69.